The van der Waals surface area contributed by atoms with Gasteiger partial charge in [0.15, 0.2) is 5.78 Å². The fourth-order valence-electron chi connectivity index (χ4n) is 2.40. The zero-order valence-corrected chi connectivity index (χ0v) is 11.8. The Kier molecular flexibility index (Phi) is 3.97. The minimum absolute atomic E-state index is 0.0113. The van der Waals surface area contributed by atoms with Crippen molar-refractivity contribution in [2.24, 2.45) is 5.41 Å². The summed E-state index contributed by atoms with van der Waals surface area (Å²) in [5, 5.41) is 0. The van der Waals surface area contributed by atoms with E-state index >= 15 is 0 Å². The molecule has 2 rings (SSSR count). The number of hydrogen-bond acceptors (Lipinski definition) is 2. The maximum Gasteiger partial charge on any atom is 0.177 e. The summed E-state index contributed by atoms with van der Waals surface area (Å²) >= 11 is 2.18. The van der Waals surface area contributed by atoms with E-state index in [1.165, 1.54) is 0 Å². The molecule has 3 heteroatoms. The fourth-order valence-corrected chi connectivity index (χ4v) is 3.55. The van der Waals surface area contributed by atoms with E-state index in [1.54, 1.807) is 12.1 Å². The molecule has 0 heterocycles. The highest BCUT2D eigenvalue weighted by atomic mass is 127. The summed E-state index contributed by atoms with van der Waals surface area (Å²) < 4.78 is 0.595. The van der Waals surface area contributed by atoms with Gasteiger partial charge in [-0.15, -0.1) is 0 Å². The van der Waals surface area contributed by atoms with Crippen LogP contribution < -0.4 is 0 Å². The highest BCUT2D eigenvalue weighted by Gasteiger charge is 2.45. The van der Waals surface area contributed by atoms with Gasteiger partial charge in [0.25, 0.3) is 0 Å². The summed E-state index contributed by atoms with van der Waals surface area (Å²) in [5.74, 6) is 0.143. The van der Waals surface area contributed by atoms with E-state index in [4.69, 9.17) is 0 Å². The van der Waals surface area contributed by atoms with Crippen molar-refractivity contribution >= 4 is 34.2 Å². The molecule has 0 aliphatic heterocycles. The Morgan fingerprint density at radius 3 is 2.53 bits per heavy atom. The van der Waals surface area contributed by atoms with Gasteiger partial charge >= 0.3 is 0 Å². The lowest BCUT2D eigenvalue weighted by Gasteiger charge is -2.32. The average molecular weight is 342 g/mol. The van der Waals surface area contributed by atoms with Crippen LogP contribution in [0, 0.1) is 5.41 Å². The largest absolute Gasteiger partial charge is 0.299 e. The number of carbonyl (C=O) groups is 2. The first-order valence-corrected chi connectivity index (χ1v) is 7.42. The molecule has 1 aliphatic carbocycles. The topological polar surface area (TPSA) is 34.1 Å². The minimum atomic E-state index is -0.750. The molecule has 90 valence electrons. The molecule has 0 N–H and O–H groups in total. The second-order valence-electron chi connectivity index (χ2n) is 4.54. The van der Waals surface area contributed by atoms with Crippen LogP contribution in [-0.4, -0.2) is 16.0 Å². The third-order valence-corrected chi connectivity index (χ3v) is 4.79. The SMILES string of the molecule is O=C1CCCCC1(CI)C(=O)c1ccccc1. The molecule has 1 saturated carbocycles. The Balaban J connectivity index is 2.35. The second kappa shape index (κ2) is 5.29. The van der Waals surface area contributed by atoms with Crippen molar-refractivity contribution in [3.8, 4) is 0 Å². The summed E-state index contributed by atoms with van der Waals surface area (Å²) in [6.45, 7) is 0. The molecule has 1 unspecified atom stereocenters. The predicted octanol–water partition coefficient (Wildman–Crippen LogP) is 3.43. The Labute approximate surface area is 115 Å². The van der Waals surface area contributed by atoms with Crippen molar-refractivity contribution in [1.82, 2.24) is 0 Å². The first kappa shape index (κ1) is 12.7. The van der Waals surface area contributed by atoms with Crippen LogP contribution in [0.15, 0.2) is 30.3 Å². The number of benzene rings is 1. The van der Waals surface area contributed by atoms with Gasteiger partial charge in [-0.05, 0) is 12.8 Å². The number of carbonyl (C=O) groups excluding carboxylic acids is 2. The summed E-state index contributed by atoms with van der Waals surface area (Å²) in [6.07, 6.45) is 3.18. The molecule has 1 aromatic rings. The van der Waals surface area contributed by atoms with E-state index in [1.807, 2.05) is 18.2 Å². The molecule has 0 aromatic heterocycles. The number of alkyl halides is 1. The lowest BCUT2D eigenvalue weighted by atomic mass is 9.70. The molecular weight excluding hydrogens is 327 g/mol. The van der Waals surface area contributed by atoms with Crippen molar-refractivity contribution < 1.29 is 9.59 Å². The maximum absolute atomic E-state index is 12.5. The van der Waals surface area contributed by atoms with Gasteiger partial charge in [0.2, 0.25) is 0 Å². The molecule has 1 atom stereocenters. The summed E-state index contributed by atoms with van der Waals surface area (Å²) in [6, 6.07) is 9.19. The van der Waals surface area contributed by atoms with Crippen LogP contribution in [0.5, 0.6) is 0 Å². The van der Waals surface area contributed by atoms with Gasteiger partial charge in [-0.3, -0.25) is 9.59 Å². The lowest BCUT2D eigenvalue weighted by Crippen LogP contribution is -2.43. The fraction of sp³-hybridized carbons (Fsp3) is 0.429. The van der Waals surface area contributed by atoms with E-state index in [2.05, 4.69) is 22.6 Å². The number of hydrogen-bond donors (Lipinski definition) is 0. The molecule has 17 heavy (non-hydrogen) atoms. The van der Waals surface area contributed by atoms with Gasteiger partial charge in [-0.2, -0.15) is 0 Å². The quantitative estimate of drug-likeness (QED) is 0.365. The summed E-state index contributed by atoms with van der Waals surface area (Å²) in [7, 11) is 0. The highest BCUT2D eigenvalue weighted by molar-refractivity contribution is 14.1. The van der Waals surface area contributed by atoms with Gasteiger partial charge in [-0.25, -0.2) is 0 Å². The smallest absolute Gasteiger partial charge is 0.177 e. The summed E-state index contributed by atoms with van der Waals surface area (Å²) in [5.41, 5.74) is -0.0837. The third-order valence-electron chi connectivity index (χ3n) is 3.49. The van der Waals surface area contributed by atoms with E-state index in [9.17, 15) is 9.59 Å². The van der Waals surface area contributed by atoms with Gasteiger partial charge in [0, 0.05) is 16.4 Å². The zero-order chi connectivity index (χ0) is 12.3. The van der Waals surface area contributed by atoms with E-state index in [0.29, 0.717) is 22.8 Å². The van der Waals surface area contributed by atoms with Crippen molar-refractivity contribution in [3.05, 3.63) is 35.9 Å². The Morgan fingerprint density at radius 2 is 1.94 bits per heavy atom. The number of ketones is 2. The third kappa shape index (κ3) is 2.30. The Hall–Kier alpha value is -0.710. The van der Waals surface area contributed by atoms with E-state index in [0.717, 1.165) is 12.8 Å². The van der Waals surface area contributed by atoms with Gasteiger partial charge in [-0.1, -0.05) is 59.3 Å². The van der Waals surface area contributed by atoms with E-state index in [-0.39, 0.29) is 11.6 Å². The lowest BCUT2D eigenvalue weighted by molar-refractivity contribution is -0.127. The molecule has 1 fully saturated rings. The number of rotatable bonds is 3. The standard InChI is InChI=1S/C14H15IO2/c15-10-14(9-5-4-8-12(14)16)13(17)11-6-2-1-3-7-11/h1-3,6-7H,4-5,8-10H2. The van der Waals surface area contributed by atoms with Gasteiger partial charge in [0.1, 0.15) is 11.2 Å². The molecule has 0 bridgehead atoms. The van der Waals surface area contributed by atoms with Gasteiger partial charge in [0.05, 0.1) is 0 Å². The van der Waals surface area contributed by atoms with Crippen LogP contribution >= 0.6 is 22.6 Å². The molecule has 1 aliphatic rings. The normalized spacial score (nSPS) is 24.6. The highest BCUT2D eigenvalue weighted by Crippen LogP contribution is 2.38. The molecule has 0 saturated heterocycles. The van der Waals surface area contributed by atoms with Crippen molar-refractivity contribution in [3.63, 3.8) is 0 Å². The monoisotopic (exact) mass is 342 g/mol. The molecule has 1 aromatic carbocycles. The second-order valence-corrected chi connectivity index (χ2v) is 5.30. The Bertz CT molecular complexity index is 427. The average Bonchev–Trinajstić information content (AvgIpc) is 2.40. The first-order valence-electron chi connectivity index (χ1n) is 5.90. The molecule has 2 nitrogen and oxygen atoms in total. The van der Waals surface area contributed by atoms with Crippen LogP contribution in [0.2, 0.25) is 0 Å². The molecule has 0 radical (unpaired) electrons. The van der Waals surface area contributed by atoms with Crippen molar-refractivity contribution in [2.75, 3.05) is 4.43 Å². The van der Waals surface area contributed by atoms with Crippen molar-refractivity contribution in [2.45, 2.75) is 25.7 Å². The first-order chi connectivity index (χ1) is 8.20. The van der Waals surface area contributed by atoms with Crippen molar-refractivity contribution in [1.29, 1.82) is 0 Å². The summed E-state index contributed by atoms with van der Waals surface area (Å²) in [4.78, 5) is 24.7. The molecule has 0 amide bonds. The zero-order valence-electron chi connectivity index (χ0n) is 9.62. The van der Waals surface area contributed by atoms with Crippen LogP contribution in [0.4, 0.5) is 0 Å². The van der Waals surface area contributed by atoms with E-state index < -0.39 is 5.41 Å². The maximum atomic E-state index is 12.5. The van der Waals surface area contributed by atoms with Crippen LogP contribution in [0.1, 0.15) is 36.0 Å². The van der Waals surface area contributed by atoms with Crippen LogP contribution in [0.3, 0.4) is 0 Å². The van der Waals surface area contributed by atoms with Gasteiger partial charge < -0.3 is 0 Å². The molecular formula is C14H15IO2. The predicted molar refractivity (Wildman–Crippen MR) is 75.6 cm³/mol. The van der Waals surface area contributed by atoms with Crippen LogP contribution in [-0.2, 0) is 4.79 Å². The molecule has 0 spiro atoms. The number of halogens is 1. The minimum Gasteiger partial charge on any atom is -0.299 e. The van der Waals surface area contributed by atoms with Crippen LogP contribution in [0.25, 0.3) is 0 Å². The Morgan fingerprint density at radius 1 is 1.24 bits per heavy atom. The number of Topliss-reactive ketones (excluding diaryl/α,β-unsaturated/α-hetero) is 2.